The van der Waals surface area contributed by atoms with E-state index in [2.05, 4.69) is 15.3 Å². The summed E-state index contributed by atoms with van der Waals surface area (Å²) in [6.45, 7) is 3.73. The molecule has 0 aliphatic carbocycles. The van der Waals surface area contributed by atoms with Crippen LogP contribution in [-0.2, 0) is 0 Å². The molecule has 5 rings (SSSR count). The molecule has 3 heterocycles. The Labute approximate surface area is 194 Å². The van der Waals surface area contributed by atoms with E-state index in [1.807, 2.05) is 50.2 Å². The molecular formula is C25H21FN6O2. The third-order valence-corrected chi connectivity index (χ3v) is 5.57. The number of aromatic hydroxyl groups is 1. The van der Waals surface area contributed by atoms with Gasteiger partial charge in [0.05, 0.1) is 11.7 Å². The van der Waals surface area contributed by atoms with Crippen LogP contribution in [0.1, 0.15) is 24.4 Å². The molecule has 0 fully saturated rings. The molecule has 0 aliphatic rings. The van der Waals surface area contributed by atoms with E-state index in [-0.39, 0.29) is 11.3 Å². The Bertz CT molecular complexity index is 1540. The number of benzene rings is 2. The van der Waals surface area contributed by atoms with E-state index >= 15 is 0 Å². The summed E-state index contributed by atoms with van der Waals surface area (Å²) in [6.07, 6.45) is 4.66. The van der Waals surface area contributed by atoms with Crippen LogP contribution in [0.3, 0.4) is 0 Å². The fourth-order valence-corrected chi connectivity index (χ4v) is 3.99. The average Bonchev–Trinajstić information content (AvgIpc) is 3.20. The number of aromatic nitrogens is 5. The maximum absolute atomic E-state index is 13.9. The van der Waals surface area contributed by atoms with Crippen LogP contribution in [0.4, 0.5) is 10.2 Å². The number of phenols is 1. The van der Waals surface area contributed by atoms with Crippen molar-refractivity contribution in [3.8, 4) is 22.6 Å². The van der Waals surface area contributed by atoms with Crippen LogP contribution < -0.4 is 10.9 Å². The number of fused-ring (bicyclic) bond motifs is 1. The van der Waals surface area contributed by atoms with Crippen molar-refractivity contribution in [2.24, 2.45) is 0 Å². The second kappa shape index (κ2) is 8.43. The van der Waals surface area contributed by atoms with Gasteiger partial charge in [0.15, 0.2) is 5.82 Å². The molecule has 0 saturated carbocycles. The fourth-order valence-electron chi connectivity index (χ4n) is 3.99. The minimum absolute atomic E-state index is 0.190. The molecule has 0 spiro atoms. The van der Waals surface area contributed by atoms with Gasteiger partial charge in [0, 0.05) is 24.0 Å². The summed E-state index contributed by atoms with van der Waals surface area (Å²) in [6, 6.07) is 14.4. The maximum Gasteiger partial charge on any atom is 0.282 e. The molecule has 0 aliphatic heterocycles. The van der Waals surface area contributed by atoms with E-state index in [9.17, 15) is 14.3 Å². The Kier molecular flexibility index (Phi) is 5.29. The van der Waals surface area contributed by atoms with Gasteiger partial charge < -0.3 is 10.4 Å². The van der Waals surface area contributed by atoms with E-state index in [1.54, 1.807) is 15.3 Å². The lowest BCUT2D eigenvalue weighted by molar-refractivity contribution is 0.469. The number of halogens is 1. The predicted octanol–water partition coefficient (Wildman–Crippen LogP) is 4.27. The number of nitrogens with one attached hydrogen (secondary N) is 1. The highest BCUT2D eigenvalue weighted by Crippen LogP contribution is 2.31. The Hall–Kier alpha value is -4.53. The highest BCUT2D eigenvalue weighted by molar-refractivity contribution is 5.75. The van der Waals surface area contributed by atoms with E-state index in [0.717, 1.165) is 11.6 Å². The Balaban J connectivity index is 1.64. The first-order valence-electron chi connectivity index (χ1n) is 10.6. The second-order valence-electron chi connectivity index (χ2n) is 7.98. The smallest absolute Gasteiger partial charge is 0.282 e. The molecule has 0 radical (unpaired) electrons. The van der Waals surface area contributed by atoms with Crippen molar-refractivity contribution in [1.29, 1.82) is 0 Å². The number of anilines is 1. The van der Waals surface area contributed by atoms with Gasteiger partial charge in [-0.1, -0.05) is 18.2 Å². The van der Waals surface area contributed by atoms with Gasteiger partial charge in [0.2, 0.25) is 0 Å². The number of nitrogens with zero attached hydrogens (tertiary/aromatic N) is 5. The molecule has 0 bridgehead atoms. The summed E-state index contributed by atoms with van der Waals surface area (Å²) in [4.78, 5) is 21.9. The molecule has 3 aromatic heterocycles. The molecule has 0 unspecified atom stereocenters. The largest absolute Gasteiger partial charge is 0.508 e. The normalized spacial score (nSPS) is 12.1. The van der Waals surface area contributed by atoms with Crippen LogP contribution in [0, 0.1) is 12.7 Å². The maximum atomic E-state index is 13.9. The molecule has 34 heavy (non-hydrogen) atoms. The van der Waals surface area contributed by atoms with Crippen LogP contribution >= 0.6 is 0 Å². The van der Waals surface area contributed by atoms with Crippen molar-refractivity contribution in [2.45, 2.75) is 19.9 Å². The van der Waals surface area contributed by atoms with Crippen molar-refractivity contribution in [3.05, 3.63) is 101 Å². The zero-order valence-corrected chi connectivity index (χ0v) is 18.5. The first kappa shape index (κ1) is 21.3. The van der Waals surface area contributed by atoms with Gasteiger partial charge in [-0.15, -0.1) is 0 Å². The van der Waals surface area contributed by atoms with Crippen molar-refractivity contribution >= 4 is 11.3 Å². The topological polar surface area (TPSA) is 97.3 Å². The molecule has 1 atom stereocenters. The van der Waals surface area contributed by atoms with Crippen LogP contribution in [0.2, 0.25) is 0 Å². The summed E-state index contributed by atoms with van der Waals surface area (Å²) in [5, 5.41) is 17.9. The van der Waals surface area contributed by atoms with Gasteiger partial charge in [-0.3, -0.25) is 9.36 Å². The summed E-state index contributed by atoms with van der Waals surface area (Å²) >= 11 is 0. The number of hydrogen-bond donors (Lipinski definition) is 2. The van der Waals surface area contributed by atoms with Gasteiger partial charge >= 0.3 is 0 Å². The van der Waals surface area contributed by atoms with Crippen LogP contribution in [0.15, 0.2) is 78.1 Å². The van der Waals surface area contributed by atoms with Crippen molar-refractivity contribution in [3.63, 3.8) is 0 Å². The number of phenolic OH excluding ortho intramolecular Hbond substituents is 1. The zero-order valence-electron chi connectivity index (χ0n) is 18.5. The van der Waals surface area contributed by atoms with Gasteiger partial charge in [-0.2, -0.15) is 5.10 Å². The van der Waals surface area contributed by atoms with E-state index in [0.29, 0.717) is 34.0 Å². The number of aryl methyl sites for hydroxylation is 1. The van der Waals surface area contributed by atoms with Crippen LogP contribution in [0.25, 0.3) is 22.3 Å². The van der Waals surface area contributed by atoms with Gasteiger partial charge in [-0.05, 0) is 55.3 Å². The molecule has 2 N–H and O–H groups in total. The van der Waals surface area contributed by atoms with Crippen molar-refractivity contribution < 1.29 is 9.50 Å². The van der Waals surface area contributed by atoms with Crippen LogP contribution in [0.5, 0.6) is 5.75 Å². The lowest BCUT2D eigenvalue weighted by atomic mass is 10.1. The summed E-state index contributed by atoms with van der Waals surface area (Å²) in [5.74, 6) is 0.0906. The standard InChI is InChI=1S/C25H21FN6O2/c1-15-8-9-31-22(15)25(34)32(19-6-4-3-5-7-19)24(30-31)16(2)29-23-21(13-27-14-28-23)17-10-18(26)12-20(33)11-17/h3-14,16,33H,1-2H3,(H,27,28,29)/t16-/m0/s1. The highest BCUT2D eigenvalue weighted by atomic mass is 19.1. The molecular weight excluding hydrogens is 435 g/mol. The third kappa shape index (κ3) is 3.77. The second-order valence-corrected chi connectivity index (χ2v) is 7.98. The lowest BCUT2D eigenvalue weighted by Gasteiger charge is -2.21. The first-order valence-corrected chi connectivity index (χ1v) is 10.6. The van der Waals surface area contributed by atoms with Crippen molar-refractivity contribution in [2.75, 3.05) is 5.32 Å². The van der Waals surface area contributed by atoms with Gasteiger partial charge in [0.1, 0.15) is 29.2 Å². The Morgan fingerprint density at radius 1 is 1.12 bits per heavy atom. The average molecular weight is 456 g/mol. The molecule has 170 valence electrons. The molecule has 0 saturated heterocycles. The zero-order chi connectivity index (χ0) is 23.8. The van der Waals surface area contributed by atoms with E-state index < -0.39 is 11.9 Å². The lowest BCUT2D eigenvalue weighted by Crippen LogP contribution is -2.29. The predicted molar refractivity (Wildman–Crippen MR) is 127 cm³/mol. The number of rotatable bonds is 5. The Morgan fingerprint density at radius 2 is 1.91 bits per heavy atom. The molecule has 8 nitrogen and oxygen atoms in total. The number of hydrogen-bond acceptors (Lipinski definition) is 6. The van der Waals surface area contributed by atoms with Gasteiger partial charge in [-0.25, -0.2) is 18.9 Å². The molecule has 0 amide bonds. The summed E-state index contributed by atoms with van der Waals surface area (Å²) in [7, 11) is 0. The first-order chi connectivity index (χ1) is 16.4. The van der Waals surface area contributed by atoms with Crippen molar-refractivity contribution in [1.82, 2.24) is 24.1 Å². The van der Waals surface area contributed by atoms with Gasteiger partial charge in [0.25, 0.3) is 5.56 Å². The molecule has 5 aromatic rings. The summed E-state index contributed by atoms with van der Waals surface area (Å²) in [5.41, 5.74) is 2.74. The monoisotopic (exact) mass is 456 g/mol. The minimum atomic E-state index is -0.578. The third-order valence-electron chi connectivity index (χ3n) is 5.57. The summed E-state index contributed by atoms with van der Waals surface area (Å²) < 4.78 is 17.1. The highest BCUT2D eigenvalue weighted by Gasteiger charge is 2.21. The van der Waals surface area contributed by atoms with E-state index in [1.165, 1.54) is 24.7 Å². The number of para-hydroxylation sites is 1. The SMILES string of the molecule is Cc1ccn2nc([C@H](C)Nc3ncncc3-c3cc(O)cc(F)c3)n(-c3ccccc3)c(=O)c12. The van der Waals surface area contributed by atoms with Crippen LogP contribution in [-0.4, -0.2) is 29.3 Å². The Morgan fingerprint density at radius 3 is 2.68 bits per heavy atom. The molecule has 2 aromatic carbocycles. The molecule has 9 heteroatoms. The fraction of sp³-hybridized carbons (Fsp3) is 0.120. The van der Waals surface area contributed by atoms with E-state index in [4.69, 9.17) is 5.10 Å². The quantitative estimate of drug-likeness (QED) is 0.410. The minimum Gasteiger partial charge on any atom is -0.508 e.